The molecule has 0 radical (unpaired) electrons. The van der Waals surface area contributed by atoms with Crippen LogP contribution in [0.15, 0.2) is 54.6 Å². The molecule has 8 nitrogen and oxygen atoms in total. The van der Waals surface area contributed by atoms with E-state index in [4.69, 9.17) is 0 Å². The minimum Gasteiger partial charge on any atom is -0.390 e. The lowest BCUT2D eigenvalue weighted by atomic mass is 9.90. The van der Waals surface area contributed by atoms with Crippen LogP contribution in [-0.2, 0) is 22.4 Å². The number of amides is 2. The molecule has 212 valence electrons. The third-order valence-corrected chi connectivity index (χ3v) is 7.47. The highest BCUT2D eigenvalue weighted by Crippen LogP contribution is 2.32. The standard InChI is InChI=1S/C30H41FN4O4/c1-30(2,3)34-29(39)23-17-32-13-14-35(23)18-25(37)26(31)22(15-19-9-5-4-6-10-19)28(38)33-27-21-12-8-7-11-20(21)16-24(27)36/h4-12,22-27,32,36-37H,13-18H2,1-3H3,(H,33,38)(H,34,39)/t22-,23-,24+,25+,26-,27-/m0/s1. The minimum absolute atomic E-state index is 0.0848. The van der Waals surface area contributed by atoms with Gasteiger partial charge in [0.25, 0.3) is 0 Å². The summed E-state index contributed by atoms with van der Waals surface area (Å²) in [6.45, 7) is 7.05. The van der Waals surface area contributed by atoms with Gasteiger partial charge in [0.1, 0.15) is 12.2 Å². The van der Waals surface area contributed by atoms with E-state index in [0.29, 0.717) is 26.1 Å². The number of aliphatic hydroxyl groups excluding tert-OH is 2. The maximum atomic E-state index is 16.1. The van der Waals surface area contributed by atoms with Gasteiger partial charge in [-0.2, -0.15) is 0 Å². The lowest BCUT2D eigenvalue weighted by Crippen LogP contribution is -2.62. The van der Waals surface area contributed by atoms with Crippen LogP contribution in [0.5, 0.6) is 0 Å². The van der Waals surface area contributed by atoms with Crippen LogP contribution in [0.1, 0.15) is 43.5 Å². The van der Waals surface area contributed by atoms with Crippen molar-refractivity contribution in [1.29, 1.82) is 0 Å². The number of carbonyl (C=O) groups is 2. The number of nitrogens with zero attached hydrogens (tertiary/aromatic N) is 1. The summed E-state index contributed by atoms with van der Waals surface area (Å²) >= 11 is 0. The van der Waals surface area contributed by atoms with Gasteiger partial charge in [-0.3, -0.25) is 14.5 Å². The van der Waals surface area contributed by atoms with Crippen molar-refractivity contribution >= 4 is 11.8 Å². The first kappa shape index (κ1) is 29.1. The molecule has 0 spiro atoms. The molecule has 1 aliphatic heterocycles. The number of halogens is 1. The molecule has 4 rings (SSSR count). The molecule has 2 amide bonds. The van der Waals surface area contributed by atoms with Crippen LogP contribution in [0.2, 0.25) is 0 Å². The number of carbonyl (C=O) groups excluding carboxylic acids is 2. The van der Waals surface area contributed by atoms with Gasteiger partial charge in [-0.05, 0) is 43.9 Å². The molecule has 5 N–H and O–H groups in total. The molecule has 0 unspecified atom stereocenters. The second-order valence-corrected chi connectivity index (χ2v) is 11.7. The number of hydrogen-bond acceptors (Lipinski definition) is 6. The Bertz CT molecular complexity index is 1130. The van der Waals surface area contributed by atoms with Crippen molar-refractivity contribution in [1.82, 2.24) is 20.9 Å². The van der Waals surface area contributed by atoms with Crippen molar-refractivity contribution in [3.63, 3.8) is 0 Å². The van der Waals surface area contributed by atoms with Crippen molar-refractivity contribution in [3.05, 3.63) is 71.3 Å². The van der Waals surface area contributed by atoms with E-state index in [2.05, 4.69) is 16.0 Å². The van der Waals surface area contributed by atoms with Gasteiger partial charge in [-0.1, -0.05) is 54.6 Å². The number of piperazine rings is 1. The third-order valence-electron chi connectivity index (χ3n) is 7.47. The first-order valence-corrected chi connectivity index (χ1v) is 13.7. The Morgan fingerprint density at radius 3 is 2.54 bits per heavy atom. The van der Waals surface area contributed by atoms with E-state index >= 15 is 4.39 Å². The van der Waals surface area contributed by atoms with Gasteiger partial charge >= 0.3 is 0 Å². The van der Waals surface area contributed by atoms with E-state index in [1.54, 1.807) is 4.90 Å². The van der Waals surface area contributed by atoms with Gasteiger partial charge in [0.15, 0.2) is 0 Å². The lowest BCUT2D eigenvalue weighted by Gasteiger charge is -2.38. The van der Waals surface area contributed by atoms with E-state index in [0.717, 1.165) is 16.7 Å². The molecule has 0 saturated carbocycles. The Balaban J connectivity index is 1.50. The Labute approximate surface area is 230 Å². The summed E-state index contributed by atoms with van der Waals surface area (Å²) in [5.41, 5.74) is 2.11. The molecule has 1 heterocycles. The van der Waals surface area contributed by atoms with Gasteiger partial charge in [-0.25, -0.2) is 4.39 Å². The molecule has 2 aliphatic rings. The summed E-state index contributed by atoms with van der Waals surface area (Å²) in [4.78, 5) is 28.3. The maximum Gasteiger partial charge on any atom is 0.239 e. The molecule has 6 atom stereocenters. The zero-order valence-electron chi connectivity index (χ0n) is 22.9. The molecule has 1 fully saturated rings. The van der Waals surface area contributed by atoms with E-state index in [1.807, 2.05) is 75.4 Å². The topological polar surface area (TPSA) is 114 Å². The molecule has 1 aliphatic carbocycles. The number of β-amino-alcohol motifs (C(OH)–C–C–N with tert-alkyl or cyclic N) is 1. The Morgan fingerprint density at radius 1 is 1.13 bits per heavy atom. The van der Waals surface area contributed by atoms with Crippen LogP contribution in [-0.4, -0.2) is 83.1 Å². The van der Waals surface area contributed by atoms with Gasteiger partial charge in [-0.15, -0.1) is 0 Å². The average molecular weight is 541 g/mol. The lowest BCUT2D eigenvalue weighted by molar-refractivity contribution is -0.133. The van der Waals surface area contributed by atoms with Crippen molar-refractivity contribution in [2.45, 2.75) is 69.6 Å². The maximum absolute atomic E-state index is 16.1. The van der Waals surface area contributed by atoms with Gasteiger partial charge < -0.3 is 26.2 Å². The first-order valence-electron chi connectivity index (χ1n) is 13.7. The normalized spacial score (nSPS) is 23.9. The highest BCUT2D eigenvalue weighted by Gasteiger charge is 2.40. The van der Waals surface area contributed by atoms with Gasteiger partial charge in [0.05, 0.1) is 24.2 Å². The molecular weight excluding hydrogens is 499 g/mol. The predicted octanol–water partition coefficient (Wildman–Crippen LogP) is 1.51. The fraction of sp³-hybridized carbons (Fsp3) is 0.533. The smallest absolute Gasteiger partial charge is 0.239 e. The monoisotopic (exact) mass is 540 g/mol. The fourth-order valence-corrected chi connectivity index (χ4v) is 5.51. The van der Waals surface area contributed by atoms with Crippen molar-refractivity contribution in [2.24, 2.45) is 5.92 Å². The van der Waals surface area contributed by atoms with Crippen molar-refractivity contribution < 1.29 is 24.2 Å². The SMILES string of the molecule is CC(C)(C)NC(=O)[C@@H]1CNCCN1C[C@@H](O)[C@@H](F)[C@H](Cc1ccccc1)C(=O)N[C@H]1c2ccccc2C[C@H]1O. The Morgan fingerprint density at radius 2 is 1.82 bits per heavy atom. The summed E-state index contributed by atoms with van der Waals surface area (Å²) < 4.78 is 16.1. The summed E-state index contributed by atoms with van der Waals surface area (Å²) in [5, 5.41) is 30.7. The molecule has 39 heavy (non-hydrogen) atoms. The van der Waals surface area contributed by atoms with Crippen molar-refractivity contribution in [3.8, 4) is 0 Å². The highest BCUT2D eigenvalue weighted by molar-refractivity contribution is 5.83. The zero-order valence-corrected chi connectivity index (χ0v) is 22.9. The molecule has 1 saturated heterocycles. The van der Waals surface area contributed by atoms with Gasteiger partial charge in [0.2, 0.25) is 11.8 Å². The number of aliphatic hydroxyl groups is 2. The molecular formula is C30H41FN4O4. The summed E-state index contributed by atoms with van der Waals surface area (Å²) in [6.07, 6.45) is -3.69. The van der Waals surface area contributed by atoms with Crippen LogP contribution < -0.4 is 16.0 Å². The van der Waals surface area contributed by atoms with Gasteiger partial charge in [0, 0.05) is 38.1 Å². The quantitative estimate of drug-likeness (QED) is 0.330. The fourth-order valence-electron chi connectivity index (χ4n) is 5.51. The van der Waals surface area contributed by atoms with Crippen LogP contribution in [0.3, 0.4) is 0 Å². The van der Waals surface area contributed by atoms with E-state index in [1.165, 1.54) is 0 Å². The average Bonchev–Trinajstić information content (AvgIpc) is 3.21. The molecule has 2 aromatic carbocycles. The number of fused-ring (bicyclic) bond motifs is 1. The summed E-state index contributed by atoms with van der Waals surface area (Å²) in [7, 11) is 0. The van der Waals surface area contributed by atoms with Crippen LogP contribution >= 0.6 is 0 Å². The second kappa shape index (κ2) is 12.6. The van der Waals surface area contributed by atoms with E-state index < -0.39 is 47.8 Å². The number of hydrogen-bond donors (Lipinski definition) is 5. The third kappa shape index (κ3) is 7.42. The van der Waals surface area contributed by atoms with E-state index in [9.17, 15) is 19.8 Å². The van der Waals surface area contributed by atoms with E-state index in [-0.39, 0.29) is 18.9 Å². The molecule has 2 aromatic rings. The number of nitrogens with one attached hydrogen (secondary N) is 3. The molecule has 0 bridgehead atoms. The number of benzene rings is 2. The van der Waals surface area contributed by atoms with Crippen LogP contribution in [0.4, 0.5) is 4.39 Å². The van der Waals surface area contributed by atoms with Crippen LogP contribution in [0, 0.1) is 5.92 Å². The van der Waals surface area contributed by atoms with Crippen molar-refractivity contribution in [2.75, 3.05) is 26.2 Å². The molecule has 9 heteroatoms. The highest BCUT2D eigenvalue weighted by atomic mass is 19.1. The second-order valence-electron chi connectivity index (χ2n) is 11.7. The minimum atomic E-state index is -1.89. The Hall–Kier alpha value is -2.85. The largest absolute Gasteiger partial charge is 0.390 e. The molecule has 0 aromatic heterocycles. The summed E-state index contributed by atoms with van der Waals surface area (Å²) in [6, 6.07) is 15.4. The number of rotatable bonds is 9. The first-order chi connectivity index (χ1) is 18.5. The predicted molar refractivity (Wildman–Crippen MR) is 148 cm³/mol. The van der Waals surface area contributed by atoms with Crippen LogP contribution in [0.25, 0.3) is 0 Å². The Kier molecular flexibility index (Phi) is 9.38. The summed E-state index contributed by atoms with van der Waals surface area (Å²) in [5.74, 6) is -1.94. The number of alkyl halides is 1. The zero-order chi connectivity index (χ0) is 28.2.